The lowest BCUT2D eigenvalue weighted by molar-refractivity contribution is 0.102. The summed E-state index contributed by atoms with van der Waals surface area (Å²) < 4.78 is 3.18. The van der Waals surface area contributed by atoms with E-state index < -0.39 is 0 Å². The van der Waals surface area contributed by atoms with Crippen molar-refractivity contribution in [1.82, 2.24) is 9.13 Å². The number of carbonyl (C=O) groups excluding carboxylic acids is 1. The van der Waals surface area contributed by atoms with Crippen molar-refractivity contribution in [2.75, 3.05) is 23.3 Å². The number of carbonyl (C=O) groups is 1. The minimum atomic E-state index is -0.152. The topological polar surface area (TPSA) is 59.3 Å². The first-order valence-electron chi connectivity index (χ1n) is 9.36. The Bertz CT molecular complexity index is 1040. The summed E-state index contributed by atoms with van der Waals surface area (Å²) in [6.07, 6.45) is 3.76. The zero-order chi connectivity index (χ0) is 19.0. The zero-order valence-corrected chi connectivity index (χ0v) is 15.7. The highest BCUT2D eigenvalue weighted by atomic mass is 16.2. The SMILES string of the molecule is Cn1c(=O)n(C)c2cc(NC(=O)c3ccc(N4CCCCC4)cc3)ccc21. The molecule has 0 saturated carbocycles. The molecule has 0 bridgehead atoms. The number of anilines is 2. The molecule has 140 valence electrons. The predicted molar refractivity (Wildman–Crippen MR) is 109 cm³/mol. The zero-order valence-electron chi connectivity index (χ0n) is 15.7. The number of aryl methyl sites for hydroxylation is 2. The standard InChI is InChI=1S/C21H24N4O2/c1-23-18-11-8-16(14-19(18)24(2)21(23)27)22-20(26)15-6-9-17(10-7-15)25-12-4-3-5-13-25/h6-11,14H,3-5,12-13H2,1-2H3,(H,22,26). The highest BCUT2D eigenvalue weighted by molar-refractivity contribution is 6.05. The van der Waals surface area contributed by atoms with Gasteiger partial charge in [0.1, 0.15) is 0 Å². The van der Waals surface area contributed by atoms with Crippen LogP contribution in [0.3, 0.4) is 0 Å². The number of hydrogen-bond acceptors (Lipinski definition) is 3. The lowest BCUT2D eigenvalue weighted by atomic mass is 10.1. The van der Waals surface area contributed by atoms with Gasteiger partial charge in [0, 0.05) is 44.1 Å². The van der Waals surface area contributed by atoms with E-state index >= 15 is 0 Å². The Balaban J connectivity index is 1.52. The summed E-state index contributed by atoms with van der Waals surface area (Å²) >= 11 is 0. The van der Waals surface area contributed by atoms with Gasteiger partial charge in [-0.05, 0) is 61.7 Å². The maximum atomic E-state index is 12.6. The van der Waals surface area contributed by atoms with E-state index in [1.54, 1.807) is 23.2 Å². The van der Waals surface area contributed by atoms with Crippen molar-refractivity contribution in [2.24, 2.45) is 14.1 Å². The fourth-order valence-corrected chi connectivity index (χ4v) is 3.76. The second-order valence-electron chi connectivity index (χ2n) is 7.15. The number of aromatic nitrogens is 2. The Morgan fingerprint density at radius 1 is 0.889 bits per heavy atom. The minimum Gasteiger partial charge on any atom is -0.372 e. The fourth-order valence-electron chi connectivity index (χ4n) is 3.76. The number of nitrogens with zero attached hydrogens (tertiary/aromatic N) is 3. The first-order valence-corrected chi connectivity index (χ1v) is 9.36. The van der Waals surface area contributed by atoms with Gasteiger partial charge >= 0.3 is 5.69 Å². The molecule has 6 nitrogen and oxygen atoms in total. The molecule has 0 spiro atoms. The maximum absolute atomic E-state index is 12.6. The summed E-state index contributed by atoms with van der Waals surface area (Å²) in [5.74, 6) is -0.152. The number of hydrogen-bond donors (Lipinski definition) is 1. The van der Waals surface area contributed by atoms with Crippen LogP contribution in [0.15, 0.2) is 47.3 Å². The van der Waals surface area contributed by atoms with Crippen LogP contribution in [0.5, 0.6) is 0 Å². The van der Waals surface area contributed by atoms with Gasteiger partial charge in [-0.1, -0.05) is 0 Å². The summed E-state index contributed by atoms with van der Waals surface area (Å²) in [7, 11) is 3.47. The number of piperidine rings is 1. The molecule has 2 aromatic carbocycles. The average molecular weight is 364 g/mol. The molecular formula is C21H24N4O2. The van der Waals surface area contributed by atoms with Crippen LogP contribution in [0.2, 0.25) is 0 Å². The van der Waals surface area contributed by atoms with E-state index in [9.17, 15) is 9.59 Å². The second kappa shape index (κ2) is 6.95. The van der Waals surface area contributed by atoms with Gasteiger partial charge in [0.2, 0.25) is 0 Å². The smallest absolute Gasteiger partial charge is 0.328 e. The van der Waals surface area contributed by atoms with Crippen molar-refractivity contribution in [3.63, 3.8) is 0 Å². The molecule has 0 unspecified atom stereocenters. The molecule has 0 aliphatic carbocycles. The van der Waals surface area contributed by atoms with Crippen molar-refractivity contribution < 1.29 is 4.79 Å². The van der Waals surface area contributed by atoms with Crippen LogP contribution in [-0.2, 0) is 14.1 Å². The second-order valence-corrected chi connectivity index (χ2v) is 7.15. The van der Waals surface area contributed by atoms with Crippen molar-refractivity contribution in [1.29, 1.82) is 0 Å². The van der Waals surface area contributed by atoms with Gasteiger partial charge in [0.05, 0.1) is 11.0 Å². The third-order valence-electron chi connectivity index (χ3n) is 5.38. The molecule has 0 radical (unpaired) electrons. The lowest BCUT2D eigenvalue weighted by Crippen LogP contribution is -2.29. The third-order valence-corrected chi connectivity index (χ3v) is 5.38. The van der Waals surface area contributed by atoms with Crippen molar-refractivity contribution in [3.05, 3.63) is 58.5 Å². The Kier molecular flexibility index (Phi) is 4.48. The summed E-state index contributed by atoms with van der Waals surface area (Å²) in [4.78, 5) is 27.0. The summed E-state index contributed by atoms with van der Waals surface area (Å²) in [5, 5.41) is 2.93. The Morgan fingerprint density at radius 3 is 2.26 bits per heavy atom. The van der Waals surface area contributed by atoms with Gasteiger partial charge in [0.25, 0.3) is 5.91 Å². The van der Waals surface area contributed by atoms with Crippen molar-refractivity contribution in [2.45, 2.75) is 19.3 Å². The number of amides is 1. The molecule has 1 aromatic heterocycles. The molecule has 6 heteroatoms. The minimum absolute atomic E-state index is 0.0817. The lowest BCUT2D eigenvalue weighted by Gasteiger charge is -2.28. The number of nitrogens with one attached hydrogen (secondary N) is 1. The van der Waals surface area contributed by atoms with E-state index in [0.29, 0.717) is 11.3 Å². The number of benzene rings is 2. The van der Waals surface area contributed by atoms with Crippen LogP contribution in [0, 0.1) is 0 Å². The molecule has 1 saturated heterocycles. The van der Waals surface area contributed by atoms with Gasteiger partial charge in [0.15, 0.2) is 0 Å². The number of rotatable bonds is 3. The van der Waals surface area contributed by atoms with Crippen molar-refractivity contribution in [3.8, 4) is 0 Å². The molecule has 1 fully saturated rings. The van der Waals surface area contributed by atoms with Gasteiger partial charge < -0.3 is 10.2 Å². The Hall–Kier alpha value is -3.02. The normalized spacial score (nSPS) is 14.5. The van der Waals surface area contributed by atoms with E-state index in [4.69, 9.17) is 0 Å². The van der Waals surface area contributed by atoms with Crippen LogP contribution in [0.4, 0.5) is 11.4 Å². The molecule has 3 aromatic rings. The number of fused-ring (bicyclic) bond motifs is 1. The largest absolute Gasteiger partial charge is 0.372 e. The molecular weight excluding hydrogens is 340 g/mol. The highest BCUT2D eigenvalue weighted by Crippen LogP contribution is 2.22. The van der Waals surface area contributed by atoms with Gasteiger partial charge in [-0.3, -0.25) is 13.9 Å². The fraction of sp³-hybridized carbons (Fsp3) is 0.333. The maximum Gasteiger partial charge on any atom is 0.328 e. The third kappa shape index (κ3) is 3.23. The van der Waals surface area contributed by atoms with Crippen LogP contribution < -0.4 is 15.9 Å². The molecule has 27 heavy (non-hydrogen) atoms. The van der Waals surface area contributed by atoms with E-state index in [1.165, 1.54) is 24.9 Å². The molecule has 1 amide bonds. The predicted octanol–water partition coefficient (Wildman–Crippen LogP) is 3.12. The first-order chi connectivity index (χ1) is 13.0. The average Bonchev–Trinajstić information content (AvgIpc) is 2.92. The van der Waals surface area contributed by atoms with E-state index in [0.717, 1.165) is 24.1 Å². The first kappa shape index (κ1) is 17.4. The van der Waals surface area contributed by atoms with E-state index in [-0.39, 0.29) is 11.6 Å². The van der Waals surface area contributed by atoms with Crippen LogP contribution in [-0.4, -0.2) is 28.1 Å². The molecule has 2 heterocycles. The van der Waals surface area contributed by atoms with Crippen LogP contribution in [0.25, 0.3) is 11.0 Å². The highest BCUT2D eigenvalue weighted by Gasteiger charge is 2.13. The van der Waals surface area contributed by atoms with E-state index in [2.05, 4.69) is 10.2 Å². The summed E-state index contributed by atoms with van der Waals surface area (Å²) in [5.41, 5.74) is 4.02. The van der Waals surface area contributed by atoms with Crippen LogP contribution in [0.1, 0.15) is 29.6 Å². The number of imidazole rings is 1. The van der Waals surface area contributed by atoms with Gasteiger partial charge in [-0.15, -0.1) is 0 Å². The summed E-state index contributed by atoms with van der Waals surface area (Å²) in [6.45, 7) is 2.17. The molecule has 1 aliphatic rings. The van der Waals surface area contributed by atoms with E-state index in [1.807, 2.05) is 42.5 Å². The molecule has 1 N–H and O–H groups in total. The Morgan fingerprint density at radius 2 is 1.56 bits per heavy atom. The van der Waals surface area contributed by atoms with Gasteiger partial charge in [-0.25, -0.2) is 4.79 Å². The van der Waals surface area contributed by atoms with Gasteiger partial charge in [-0.2, -0.15) is 0 Å². The quantitative estimate of drug-likeness (QED) is 0.777. The summed E-state index contributed by atoms with van der Waals surface area (Å²) in [6, 6.07) is 13.3. The molecule has 4 rings (SSSR count). The molecule has 0 atom stereocenters. The molecule has 1 aliphatic heterocycles. The monoisotopic (exact) mass is 364 g/mol. The van der Waals surface area contributed by atoms with Crippen LogP contribution >= 0.6 is 0 Å². The van der Waals surface area contributed by atoms with Crippen molar-refractivity contribution >= 4 is 28.3 Å². The Labute approximate surface area is 158 Å².